The van der Waals surface area contributed by atoms with Gasteiger partial charge in [0.2, 0.25) is 0 Å². The first kappa shape index (κ1) is 17.2. The first-order valence-corrected chi connectivity index (χ1v) is 7.72. The van der Waals surface area contributed by atoms with E-state index in [1.54, 1.807) is 0 Å². The summed E-state index contributed by atoms with van der Waals surface area (Å²) in [6, 6.07) is 9.82. The van der Waals surface area contributed by atoms with Gasteiger partial charge in [-0.15, -0.1) is 0 Å². The van der Waals surface area contributed by atoms with Gasteiger partial charge in [0.05, 0.1) is 19.3 Å². The highest BCUT2D eigenvalue weighted by molar-refractivity contribution is 5.13. The first-order valence-electron chi connectivity index (χ1n) is 7.72. The Kier molecular flexibility index (Phi) is 9.29. The molecular formula is C17H28O3. The second kappa shape index (κ2) is 10.8. The minimum absolute atomic E-state index is 0.136. The van der Waals surface area contributed by atoms with Crippen molar-refractivity contribution in [2.45, 2.75) is 64.3 Å². The van der Waals surface area contributed by atoms with Crippen LogP contribution in [-0.4, -0.2) is 29.0 Å². The Hall–Kier alpha value is -0.900. The zero-order valence-corrected chi connectivity index (χ0v) is 12.5. The minimum Gasteiger partial charge on any atom is -0.394 e. The molecule has 0 bridgehead atoms. The van der Waals surface area contributed by atoms with Crippen molar-refractivity contribution in [2.24, 2.45) is 0 Å². The predicted octanol–water partition coefficient (Wildman–Crippen LogP) is 3.29. The van der Waals surface area contributed by atoms with Gasteiger partial charge in [0.15, 0.2) is 0 Å². The van der Waals surface area contributed by atoms with Crippen molar-refractivity contribution in [3.05, 3.63) is 35.9 Å². The molecule has 1 rings (SSSR count). The Labute approximate surface area is 122 Å². The second-order valence-corrected chi connectivity index (χ2v) is 5.29. The average Bonchev–Trinajstić information content (AvgIpc) is 2.48. The van der Waals surface area contributed by atoms with Crippen molar-refractivity contribution in [3.63, 3.8) is 0 Å². The number of benzene rings is 1. The van der Waals surface area contributed by atoms with Crippen LogP contribution in [0.2, 0.25) is 0 Å². The van der Waals surface area contributed by atoms with Crippen molar-refractivity contribution in [1.29, 1.82) is 0 Å². The standard InChI is InChI=1S/C17H28O3/c1-2-3-4-5-9-12-16(19)17(13-18)20-14-15-10-7-6-8-11-15/h6-8,10-11,16-19H,2-5,9,12-14H2,1H3/t16-,17-/m0/s1. The zero-order chi connectivity index (χ0) is 14.6. The Bertz CT molecular complexity index is 326. The lowest BCUT2D eigenvalue weighted by Crippen LogP contribution is -2.32. The molecule has 0 aliphatic carbocycles. The SMILES string of the molecule is CCCCCCC[C@H](O)[C@H](CO)OCc1ccccc1. The van der Waals surface area contributed by atoms with E-state index in [9.17, 15) is 10.2 Å². The molecule has 0 saturated heterocycles. The summed E-state index contributed by atoms with van der Waals surface area (Å²) in [6.45, 7) is 2.48. The lowest BCUT2D eigenvalue weighted by atomic mass is 10.0. The third kappa shape index (κ3) is 7.04. The van der Waals surface area contributed by atoms with E-state index in [0.29, 0.717) is 13.0 Å². The summed E-state index contributed by atoms with van der Waals surface area (Å²) in [7, 11) is 0. The molecule has 0 spiro atoms. The molecular weight excluding hydrogens is 252 g/mol. The fourth-order valence-corrected chi connectivity index (χ4v) is 2.21. The molecule has 0 fully saturated rings. The van der Waals surface area contributed by atoms with Gasteiger partial charge in [-0.05, 0) is 12.0 Å². The second-order valence-electron chi connectivity index (χ2n) is 5.29. The predicted molar refractivity (Wildman–Crippen MR) is 81.5 cm³/mol. The van der Waals surface area contributed by atoms with Crippen molar-refractivity contribution < 1.29 is 14.9 Å². The average molecular weight is 280 g/mol. The normalized spacial score (nSPS) is 14.2. The molecule has 0 aromatic heterocycles. The Morgan fingerprint density at radius 3 is 2.40 bits per heavy atom. The molecule has 0 aliphatic heterocycles. The Morgan fingerprint density at radius 2 is 1.75 bits per heavy atom. The van der Waals surface area contributed by atoms with E-state index in [-0.39, 0.29) is 6.61 Å². The maximum atomic E-state index is 10.1. The van der Waals surface area contributed by atoms with Crippen LogP contribution >= 0.6 is 0 Å². The molecule has 0 aliphatic rings. The molecule has 0 unspecified atom stereocenters. The summed E-state index contributed by atoms with van der Waals surface area (Å²) >= 11 is 0. The molecule has 3 nitrogen and oxygen atoms in total. The third-order valence-corrected chi connectivity index (χ3v) is 3.52. The highest BCUT2D eigenvalue weighted by Gasteiger charge is 2.18. The molecule has 114 valence electrons. The molecule has 0 amide bonds. The van der Waals surface area contributed by atoms with E-state index in [0.717, 1.165) is 18.4 Å². The van der Waals surface area contributed by atoms with Crippen molar-refractivity contribution in [3.8, 4) is 0 Å². The maximum Gasteiger partial charge on any atom is 0.107 e. The van der Waals surface area contributed by atoms with Gasteiger partial charge < -0.3 is 14.9 Å². The van der Waals surface area contributed by atoms with Crippen LogP contribution in [0.15, 0.2) is 30.3 Å². The van der Waals surface area contributed by atoms with Crippen LogP contribution in [0.1, 0.15) is 51.0 Å². The molecule has 2 N–H and O–H groups in total. The third-order valence-electron chi connectivity index (χ3n) is 3.52. The molecule has 0 saturated carbocycles. The number of aliphatic hydroxyl groups excluding tert-OH is 2. The highest BCUT2D eigenvalue weighted by atomic mass is 16.5. The molecule has 3 heteroatoms. The summed E-state index contributed by atoms with van der Waals surface area (Å²) in [5.41, 5.74) is 1.06. The maximum absolute atomic E-state index is 10.1. The molecule has 0 radical (unpaired) electrons. The van der Waals surface area contributed by atoms with Crippen LogP contribution in [0.5, 0.6) is 0 Å². The van der Waals surface area contributed by atoms with E-state index in [1.807, 2.05) is 30.3 Å². The summed E-state index contributed by atoms with van der Waals surface area (Å²) in [5.74, 6) is 0. The van der Waals surface area contributed by atoms with E-state index >= 15 is 0 Å². The lowest BCUT2D eigenvalue weighted by molar-refractivity contribution is -0.0736. The van der Waals surface area contributed by atoms with Crippen LogP contribution in [0, 0.1) is 0 Å². The van der Waals surface area contributed by atoms with Crippen LogP contribution in [-0.2, 0) is 11.3 Å². The topological polar surface area (TPSA) is 49.7 Å². The molecule has 1 aromatic carbocycles. The number of rotatable bonds is 11. The molecule has 2 atom stereocenters. The smallest absolute Gasteiger partial charge is 0.107 e. The highest BCUT2D eigenvalue weighted by Crippen LogP contribution is 2.13. The lowest BCUT2D eigenvalue weighted by Gasteiger charge is -2.21. The van der Waals surface area contributed by atoms with E-state index in [1.165, 1.54) is 19.3 Å². The van der Waals surface area contributed by atoms with Gasteiger partial charge in [-0.3, -0.25) is 0 Å². The van der Waals surface area contributed by atoms with E-state index < -0.39 is 12.2 Å². The summed E-state index contributed by atoms with van der Waals surface area (Å²) in [5, 5.41) is 19.4. The van der Waals surface area contributed by atoms with Gasteiger partial charge in [-0.25, -0.2) is 0 Å². The van der Waals surface area contributed by atoms with E-state index in [2.05, 4.69) is 6.92 Å². The molecule has 20 heavy (non-hydrogen) atoms. The number of aliphatic hydroxyl groups is 2. The number of ether oxygens (including phenoxy) is 1. The van der Waals surface area contributed by atoms with Crippen LogP contribution in [0.25, 0.3) is 0 Å². The molecule has 1 aromatic rings. The quantitative estimate of drug-likeness (QED) is 0.612. The fraction of sp³-hybridized carbons (Fsp3) is 0.647. The van der Waals surface area contributed by atoms with Crippen molar-refractivity contribution in [1.82, 2.24) is 0 Å². The largest absolute Gasteiger partial charge is 0.394 e. The van der Waals surface area contributed by atoms with Gasteiger partial charge in [0.25, 0.3) is 0 Å². The van der Waals surface area contributed by atoms with Gasteiger partial charge in [-0.1, -0.05) is 69.4 Å². The Morgan fingerprint density at radius 1 is 1.05 bits per heavy atom. The summed E-state index contributed by atoms with van der Waals surface area (Å²) in [6.07, 6.45) is 5.47. The van der Waals surface area contributed by atoms with Gasteiger partial charge in [-0.2, -0.15) is 0 Å². The van der Waals surface area contributed by atoms with Gasteiger partial charge in [0.1, 0.15) is 6.10 Å². The minimum atomic E-state index is -0.578. The van der Waals surface area contributed by atoms with Crippen LogP contribution in [0.4, 0.5) is 0 Å². The summed E-state index contributed by atoms with van der Waals surface area (Å²) < 4.78 is 5.62. The van der Waals surface area contributed by atoms with Gasteiger partial charge in [0, 0.05) is 0 Å². The first-order chi connectivity index (χ1) is 9.77. The van der Waals surface area contributed by atoms with E-state index in [4.69, 9.17) is 4.74 Å². The van der Waals surface area contributed by atoms with Crippen LogP contribution < -0.4 is 0 Å². The van der Waals surface area contributed by atoms with Crippen molar-refractivity contribution >= 4 is 0 Å². The van der Waals surface area contributed by atoms with Crippen LogP contribution in [0.3, 0.4) is 0 Å². The Balaban J connectivity index is 2.23. The number of hydrogen-bond donors (Lipinski definition) is 2. The van der Waals surface area contributed by atoms with Crippen molar-refractivity contribution in [2.75, 3.05) is 6.61 Å². The van der Waals surface area contributed by atoms with Gasteiger partial charge >= 0.3 is 0 Å². The fourth-order valence-electron chi connectivity index (χ4n) is 2.21. The monoisotopic (exact) mass is 280 g/mol. The summed E-state index contributed by atoms with van der Waals surface area (Å²) in [4.78, 5) is 0. The molecule has 0 heterocycles. The number of unbranched alkanes of at least 4 members (excludes halogenated alkanes) is 4. The zero-order valence-electron chi connectivity index (χ0n) is 12.5. The number of hydrogen-bond acceptors (Lipinski definition) is 3.